The quantitative estimate of drug-likeness (QED) is 0.377. The molecule has 158 valence electrons. The maximum atomic E-state index is 13.0. The van der Waals surface area contributed by atoms with E-state index < -0.39 is 11.5 Å². The lowest BCUT2D eigenvalue weighted by atomic mass is 9.68. The Hall–Kier alpha value is -2.34. The Morgan fingerprint density at radius 2 is 2.28 bits per heavy atom. The maximum Gasteiger partial charge on any atom is 0.312 e. The van der Waals surface area contributed by atoms with Gasteiger partial charge in [0.2, 0.25) is 5.91 Å². The summed E-state index contributed by atoms with van der Waals surface area (Å²) in [6.45, 7) is 9.21. The molecule has 6 nitrogen and oxygen atoms in total. The molecule has 3 unspecified atom stereocenters. The van der Waals surface area contributed by atoms with Gasteiger partial charge in [0.25, 0.3) is 0 Å². The third kappa shape index (κ3) is 4.99. The summed E-state index contributed by atoms with van der Waals surface area (Å²) in [5.74, 6) is 0.781. The Morgan fingerprint density at radius 3 is 3.03 bits per heavy atom. The van der Waals surface area contributed by atoms with Gasteiger partial charge in [0, 0.05) is 24.3 Å². The number of esters is 1. The zero-order valence-electron chi connectivity index (χ0n) is 17.5. The summed E-state index contributed by atoms with van der Waals surface area (Å²) in [6, 6.07) is 5.56. The normalized spacial score (nSPS) is 24.3. The van der Waals surface area contributed by atoms with E-state index in [0.29, 0.717) is 31.2 Å². The lowest BCUT2D eigenvalue weighted by Crippen LogP contribution is -2.43. The van der Waals surface area contributed by atoms with Crippen LogP contribution >= 0.6 is 0 Å². The fourth-order valence-electron chi connectivity index (χ4n) is 4.12. The minimum atomic E-state index is -0.445. The molecule has 0 radical (unpaired) electrons. The first-order valence-electron chi connectivity index (χ1n) is 10.5. The topological polar surface area (TPSA) is 76.7 Å². The van der Waals surface area contributed by atoms with Crippen molar-refractivity contribution in [1.82, 2.24) is 5.32 Å². The van der Waals surface area contributed by atoms with E-state index in [0.717, 1.165) is 30.5 Å². The van der Waals surface area contributed by atoms with Crippen LogP contribution in [0.4, 0.5) is 5.69 Å². The van der Waals surface area contributed by atoms with E-state index in [-0.39, 0.29) is 18.5 Å². The van der Waals surface area contributed by atoms with Crippen molar-refractivity contribution in [2.75, 3.05) is 25.0 Å². The molecule has 1 aromatic carbocycles. The second-order valence-electron chi connectivity index (χ2n) is 8.36. The summed E-state index contributed by atoms with van der Waals surface area (Å²) in [5.41, 5.74) is 1.20. The molecule has 6 heteroatoms. The smallest absolute Gasteiger partial charge is 0.312 e. The molecular formula is C23H32N2O4. The van der Waals surface area contributed by atoms with Gasteiger partial charge in [-0.25, -0.2) is 0 Å². The van der Waals surface area contributed by atoms with Crippen LogP contribution < -0.4 is 15.4 Å². The van der Waals surface area contributed by atoms with Crippen molar-refractivity contribution in [2.45, 2.75) is 52.1 Å². The molecule has 1 heterocycles. The SMILES string of the molecule is C=CCNCC(COc1cccc2c1CC(=O)N2)OC(=O)C1(C)CCCCC1C. The molecule has 1 amide bonds. The third-order valence-corrected chi connectivity index (χ3v) is 6.24. The van der Waals surface area contributed by atoms with Crippen LogP contribution in [0.2, 0.25) is 0 Å². The fourth-order valence-corrected chi connectivity index (χ4v) is 4.12. The van der Waals surface area contributed by atoms with Crippen LogP contribution in [0.1, 0.15) is 45.1 Å². The summed E-state index contributed by atoms with van der Waals surface area (Å²) >= 11 is 0. The number of carbonyl (C=O) groups is 2. The number of carbonyl (C=O) groups excluding carboxylic acids is 2. The Labute approximate surface area is 173 Å². The predicted molar refractivity (Wildman–Crippen MR) is 113 cm³/mol. The molecule has 1 aromatic rings. The van der Waals surface area contributed by atoms with Gasteiger partial charge in [0.1, 0.15) is 18.5 Å². The monoisotopic (exact) mass is 400 g/mol. The van der Waals surface area contributed by atoms with Crippen molar-refractivity contribution in [3.63, 3.8) is 0 Å². The molecular weight excluding hydrogens is 368 g/mol. The Kier molecular flexibility index (Phi) is 6.96. The second-order valence-corrected chi connectivity index (χ2v) is 8.36. The molecule has 3 atom stereocenters. The van der Waals surface area contributed by atoms with Gasteiger partial charge in [0.05, 0.1) is 11.8 Å². The van der Waals surface area contributed by atoms with Crippen molar-refractivity contribution in [3.05, 3.63) is 36.4 Å². The van der Waals surface area contributed by atoms with Crippen LogP contribution in [0.15, 0.2) is 30.9 Å². The average Bonchev–Trinajstić information content (AvgIpc) is 3.09. The van der Waals surface area contributed by atoms with Gasteiger partial charge in [-0.05, 0) is 37.8 Å². The standard InChI is InChI=1S/C23H32N2O4/c1-4-12-24-14-17(29-22(27)23(3)11-6-5-8-16(23)2)15-28-20-10-7-9-19-18(20)13-21(26)25-19/h4,7,9-10,16-17,24H,1,5-6,8,11-15H2,2-3H3,(H,25,26). The van der Waals surface area contributed by atoms with Gasteiger partial charge in [0.15, 0.2) is 0 Å². The van der Waals surface area contributed by atoms with E-state index in [1.54, 1.807) is 6.08 Å². The first-order valence-corrected chi connectivity index (χ1v) is 10.5. The number of amides is 1. The van der Waals surface area contributed by atoms with E-state index >= 15 is 0 Å². The molecule has 3 rings (SSSR count). The zero-order chi connectivity index (χ0) is 20.9. The fraction of sp³-hybridized carbons (Fsp3) is 0.565. The van der Waals surface area contributed by atoms with Crippen molar-refractivity contribution >= 4 is 17.6 Å². The Morgan fingerprint density at radius 1 is 1.45 bits per heavy atom. The van der Waals surface area contributed by atoms with E-state index in [4.69, 9.17) is 9.47 Å². The van der Waals surface area contributed by atoms with Crippen molar-refractivity contribution < 1.29 is 19.1 Å². The Bertz CT molecular complexity index is 763. The number of benzene rings is 1. The first kappa shape index (κ1) is 21.4. The van der Waals surface area contributed by atoms with Gasteiger partial charge in [-0.3, -0.25) is 9.59 Å². The lowest BCUT2D eigenvalue weighted by molar-refractivity contribution is -0.167. The average molecular weight is 401 g/mol. The number of rotatable bonds is 9. The summed E-state index contributed by atoms with van der Waals surface area (Å²) < 4.78 is 11.9. The third-order valence-electron chi connectivity index (χ3n) is 6.24. The second kappa shape index (κ2) is 9.44. The lowest BCUT2D eigenvalue weighted by Gasteiger charge is -2.38. The molecule has 0 saturated heterocycles. The molecule has 0 aromatic heterocycles. The number of anilines is 1. The van der Waals surface area contributed by atoms with Gasteiger partial charge >= 0.3 is 5.97 Å². The number of fused-ring (bicyclic) bond motifs is 1. The summed E-state index contributed by atoms with van der Waals surface area (Å²) in [7, 11) is 0. The maximum absolute atomic E-state index is 13.0. The van der Waals surface area contributed by atoms with Crippen LogP contribution in [-0.4, -0.2) is 37.7 Å². The van der Waals surface area contributed by atoms with Gasteiger partial charge in [-0.15, -0.1) is 6.58 Å². The summed E-state index contributed by atoms with van der Waals surface area (Å²) in [5, 5.41) is 6.05. The number of nitrogens with one attached hydrogen (secondary N) is 2. The van der Waals surface area contributed by atoms with Crippen LogP contribution in [0.3, 0.4) is 0 Å². The molecule has 1 fully saturated rings. The molecule has 2 aliphatic rings. The number of hydrogen-bond acceptors (Lipinski definition) is 5. The molecule has 1 saturated carbocycles. The minimum Gasteiger partial charge on any atom is -0.489 e. The van der Waals surface area contributed by atoms with Crippen LogP contribution in [0.5, 0.6) is 5.75 Å². The predicted octanol–water partition coefficient (Wildman–Crippen LogP) is 3.46. The number of hydrogen-bond donors (Lipinski definition) is 2. The van der Waals surface area contributed by atoms with Crippen LogP contribution in [0.25, 0.3) is 0 Å². The highest BCUT2D eigenvalue weighted by Crippen LogP contribution is 2.42. The molecule has 0 spiro atoms. The van der Waals surface area contributed by atoms with Crippen molar-refractivity contribution in [1.29, 1.82) is 0 Å². The van der Waals surface area contributed by atoms with Crippen LogP contribution in [-0.2, 0) is 20.7 Å². The zero-order valence-corrected chi connectivity index (χ0v) is 17.5. The van der Waals surface area contributed by atoms with Crippen molar-refractivity contribution in [3.8, 4) is 5.75 Å². The summed E-state index contributed by atoms with van der Waals surface area (Å²) in [6.07, 6.45) is 5.80. The molecule has 2 N–H and O–H groups in total. The highest BCUT2D eigenvalue weighted by Gasteiger charge is 2.42. The molecule has 0 bridgehead atoms. The van der Waals surface area contributed by atoms with E-state index in [2.05, 4.69) is 24.1 Å². The molecule has 1 aliphatic carbocycles. The molecule has 29 heavy (non-hydrogen) atoms. The van der Waals surface area contributed by atoms with Crippen molar-refractivity contribution in [2.24, 2.45) is 11.3 Å². The highest BCUT2D eigenvalue weighted by molar-refractivity contribution is 6.00. The number of ether oxygens (including phenoxy) is 2. The first-order chi connectivity index (χ1) is 13.9. The minimum absolute atomic E-state index is 0.0362. The Balaban J connectivity index is 1.66. The van der Waals surface area contributed by atoms with Gasteiger partial charge < -0.3 is 20.1 Å². The van der Waals surface area contributed by atoms with Gasteiger partial charge in [-0.2, -0.15) is 0 Å². The summed E-state index contributed by atoms with van der Waals surface area (Å²) in [4.78, 5) is 24.7. The van der Waals surface area contributed by atoms with E-state index in [1.165, 1.54) is 6.42 Å². The van der Waals surface area contributed by atoms with E-state index in [1.807, 2.05) is 25.1 Å². The molecule has 1 aliphatic heterocycles. The van der Waals surface area contributed by atoms with Gasteiger partial charge in [-0.1, -0.05) is 31.9 Å². The highest BCUT2D eigenvalue weighted by atomic mass is 16.6. The van der Waals surface area contributed by atoms with Crippen LogP contribution in [0, 0.1) is 11.3 Å². The van der Waals surface area contributed by atoms with E-state index in [9.17, 15) is 9.59 Å². The largest absolute Gasteiger partial charge is 0.489 e.